The molecule has 1 rings (SSSR count). The molecule has 52 valence electrons. The van der Waals surface area contributed by atoms with Crippen molar-refractivity contribution in [3.05, 3.63) is 35.9 Å². The van der Waals surface area contributed by atoms with E-state index in [1.807, 2.05) is 6.07 Å². The van der Waals surface area contributed by atoms with E-state index in [4.69, 9.17) is 0 Å². The van der Waals surface area contributed by atoms with Gasteiger partial charge in [-0.1, -0.05) is 47.6 Å². The van der Waals surface area contributed by atoms with Gasteiger partial charge in [0.1, 0.15) is 16.3 Å². The first-order chi connectivity index (χ1) is 4.30. The minimum Gasteiger partial charge on any atom is -0.269 e. The lowest BCUT2D eigenvalue weighted by atomic mass is 10.2. The van der Waals surface area contributed by atoms with Crippen LogP contribution in [0.25, 0.3) is 0 Å². The van der Waals surface area contributed by atoms with Crippen LogP contribution in [0.2, 0.25) is 0 Å². The lowest BCUT2D eigenvalue weighted by Gasteiger charge is -2.02. The number of rotatable bonds is 1. The molecule has 0 aliphatic rings. The van der Waals surface area contributed by atoms with E-state index in [-0.39, 0.29) is 4.70 Å². The fourth-order valence-electron chi connectivity index (χ4n) is 0.757. The van der Waals surface area contributed by atoms with Gasteiger partial charge >= 0.3 is 0 Å². The Morgan fingerprint density at radius 2 is 1.70 bits per heavy atom. The largest absolute Gasteiger partial charge is 0.269 e. The van der Waals surface area contributed by atoms with Gasteiger partial charge in [-0.05, 0) is 0 Å². The molecule has 0 bridgehead atoms. The Kier molecular flexibility index (Phi) is 4.35. The molecule has 1 aromatic carbocycles. The molecule has 1 aromatic rings. The van der Waals surface area contributed by atoms with E-state index in [2.05, 4.69) is 47.5 Å². The predicted molar refractivity (Wildman–Crippen MR) is 43.1 cm³/mol. The first kappa shape index (κ1) is 9.68. The third-order valence-corrected chi connectivity index (χ3v) is 1.71. The Morgan fingerprint density at radius 3 is 2.00 bits per heavy atom. The molecular formula is C8H10AlF. The molecule has 0 saturated heterocycles. The quantitative estimate of drug-likeness (QED) is 0.540. The van der Waals surface area contributed by atoms with Crippen molar-refractivity contribution in [1.82, 2.24) is 0 Å². The molecular weight excluding hydrogens is 142 g/mol. The van der Waals surface area contributed by atoms with Gasteiger partial charge in [0.25, 0.3) is 0 Å². The smallest absolute Gasteiger partial charge is 0.131 e. The van der Waals surface area contributed by atoms with Crippen LogP contribution in [0, 0.1) is 0 Å². The number of hydrogen-bond acceptors (Lipinski definition) is 0. The maximum absolute atomic E-state index is 2.77. The summed E-state index contributed by atoms with van der Waals surface area (Å²) in [5.41, 5.74) is 1.38. The Labute approximate surface area is 69.1 Å². The van der Waals surface area contributed by atoms with Gasteiger partial charge in [-0.3, -0.25) is 4.70 Å². The van der Waals surface area contributed by atoms with E-state index in [0.29, 0.717) is 4.78 Å². The summed E-state index contributed by atoms with van der Waals surface area (Å²) >= 11 is 2.77. The van der Waals surface area contributed by atoms with Crippen molar-refractivity contribution >= 4 is 16.3 Å². The van der Waals surface area contributed by atoms with Crippen molar-refractivity contribution in [2.75, 3.05) is 0 Å². The molecule has 1 unspecified atom stereocenters. The minimum atomic E-state index is 0. The molecule has 0 fully saturated rings. The molecule has 10 heavy (non-hydrogen) atoms. The summed E-state index contributed by atoms with van der Waals surface area (Å²) in [4.78, 5) is 0. The zero-order chi connectivity index (χ0) is 6.69. The SMILES string of the molecule is C[CH]([Al])c1ccccc1.F. The van der Waals surface area contributed by atoms with Crippen molar-refractivity contribution in [3.63, 3.8) is 0 Å². The fourth-order valence-corrected chi connectivity index (χ4v) is 0.979. The van der Waals surface area contributed by atoms with Crippen molar-refractivity contribution in [2.45, 2.75) is 11.7 Å². The van der Waals surface area contributed by atoms with Crippen molar-refractivity contribution in [3.8, 4) is 0 Å². The second-order valence-electron chi connectivity index (χ2n) is 2.20. The molecule has 0 spiro atoms. The van der Waals surface area contributed by atoms with Gasteiger partial charge in [0, 0.05) is 0 Å². The molecule has 0 amide bonds. The average molecular weight is 152 g/mol. The molecule has 2 heteroatoms. The van der Waals surface area contributed by atoms with Crippen LogP contribution in [-0.2, 0) is 0 Å². The molecule has 0 aromatic heterocycles. The zero-order valence-corrected chi connectivity index (χ0v) is 7.10. The van der Waals surface area contributed by atoms with E-state index >= 15 is 0 Å². The van der Waals surface area contributed by atoms with E-state index in [9.17, 15) is 0 Å². The number of benzene rings is 1. The summed E-state index contributed by atoms with van der Waals surface area (Å²) in [7, 11) is 0. The highest BCUT2D eigenvalue weighted by atomic mass is 27.0. The van der Waals surface area contributed by atoms with Gasteiger partial charge in [-0.15, -0.1) is 0 Å². The predicted octanol–water partition coefficient (Wildman–Crippen LogP) is 2.07. The van der Waals surface area contributed by atoms with Gasteiger partial charge in [0.05, 0.1) is 0 Å². The summed E-state index contributed by atoms with van der Waals surface area (Å²) in [5, 5.41) is 0. The molecule has 0 aliphatic heterocycles. The van der Waals surface area contributed by atoms with Crippen molar-refractivity contribution in [2.24, 2.45) is 0 Å². The third kappa shape index (κ3) is 2.51. The van der Waals surface area contributed by atoms with Crippen LogP contribution in [0.15, 0.2) is 30.3 Å². The molecule has 0 aliphatic carbocycles. The highest BCUT2D eigenvalue weighted by Crippen LogP contribution is 2.08. The van der Waals surface area contributed by atoms with Crippen LogP contribution in [0.4, 0.5) is 4.70 Å². The van der Waals surface area contributed by atoms with E-state index in [1.54, 1.807) is 0 Å². The Bertz CT molecular complexity index is 172. The first-order valence-electron chi connectivity index (χ1n) is 3.11. The highest BCUT2D eigenvalue weighted by Gasteiger charge is 1.92. The average Bonchev–Trinajstić information content (AvgIpc) is 1.90. The summed E-state index contributed by atoms with van der Waals surface area (Å²) in [6, 6.07) is 10.4. The van der Waals surface area contributed by atoms with Crippen LogP contribution in [0.3, 0.4) is 0 Å². The highest BCUT2D eigenvalue weighted by molar-refractivity contribution is 6.12. The normalized spacial score (nSPS) is 11.7. The van der Waals surface area contributed by atoms with E-state index < -0.39 is 0 Å². The maximum Gasteiger partial charge on any atom is 0.131 e. The maximum atomic E-state index is 2.77. The van der Waals surface area contributed by atoms with E-state index in [1.165, 1.54) is 5.56 Å². The lowest BCUT2D eigenvalue weighted by molar-refractivity contribution is 1.08. The van der Waals surface area contributed by atoms with Crippen LogP contribution in [-0.4, -0.2) is 16.3 Å². The van der Waals surface area contributed by atoms with Crippen LogP contribution in [0.1, 0.15) is 17.3 Å². The summed E-state index contributed by atoms with van der Waals surface area (Å²) in [6.07, 6.45) is 0. The van der Waals surface area contributed by atoms with E-state index in [0.717, 1.165) is 0 Å². The van der Waals surface area contributed by atoms with Gasteiger partial charge in [-0.2, -0.15) is 0 Å². The summed E-state index contributed by atoms with van der Waals surface area (Å²) < 4.78 is 0.575. The second-order valence-corrected chi connectivity index (χ2v) is 3.20. The number of halogens is 1. The molecule has 0 saturated carbocycles. The van der Waals surface area contributed by atoms with Crippen molar-refractivity contribution in [1.29, 1.82) is 0 Å². The molecule has 0 N–H and O–H groups in total. The third-order valence-electron chi connectivity index (χ3n) is 1.33. The van der Waals surface area contributed by atoms with Gasteiger partial charge in [0.2, 0.25) is 0 Å². The Hall–Kier alpha value is -0.318. The van der Waals surface area contributed by atoms with Crippen LogP contribution < -0.4 is 0 Å². The topological polar surface area (TPSA) is 0 Å². The lowest BCUT2D eigenvalue weighted by Crippen LogP contribution is -1.89. The standard InChI is InChI=1S/C8H9.Al.FH/c1-2-8-6-4-3-5-7-8;;/h2-7H,1H3;;1H. The fraction of sp³-hybridized carbons (Fsp3) is 0.250. The van der Waals surface area contributed by atoms with Gasteiger partial charge in [0.15, 0.2) is 0 Å². The van der Waals surface area contributed by atoms with Gasteiger partial charge in [-0.25, -0.2) is 0 Å². The monoisotopic (exact) mass is 152 g/mol. The first-order valence-corrected chi connectivity index (χ1v) is 3.78. The summed E-state index contributed by atoms with van der Waals surface area (Å²) in [6.45, 7) is 2.17. The van der Waals surface area contributed by atoms with Crippen LogP contribution in [0.5, 0.6) is 0 Å². The molecule has 1 atom stereocenters. The minimum absolute atomic E-state index is 0. The van der Waals surface area contributed by atoms with Crippen LogP contribution >= 0.6 is 0 Å². The Morgan fingerprint density at radius 1 is 1.20 bits per heavy atom. The summed E-state index contributed by atoms with van der Waals surface area (Å²) in [5.74, 6) is 0. The van der Waals surface area contributed by atoms with Gasteiger partial charge < -0.3 is 0 Å². The molecule has 2 radical (unpaired) electrons. The van der Waals surface area contributed by atoms with Crippen molar-refractivity contribution < 1.29 is 4.70 Å². The molecule has 0 nitrogen and oxygen atoms in total. The second kappa shape index (κ2) is 4.49. The number of hydrogen-bond donors (Lipinski definition) is 0. The molecule has 0 heterocycles. The zero-order valence-electron chi connectivity index (χ0n) is 5.95. The Balaban J connectivity index is 0.000000810.